The third-order valence-electron chi connectivity index (χ3n) is 4.01. The molecule has 0 saturated carbocycles. The fraction of sp³-hybridized carbons (Fsp3) is 0.350. The minimum Gasteiger partial charge on any atom is -0.434 e. The topological polar surface area (TPSA) is 79.8 Å². The molecule has 0 aliphatic carbocycles. The SMILES string of the molecule is CN=C(NCc1ccc(CS(C)(=O)=O)cc1)NCc1cc(C)ccc1OC(F)F. The maximum atomic E-state index is 12.6. The van der Waals surface area contributed by atoms with Gasteiger partial charge in [0.1, 0.15) is 5.75 Å². The summed E-state index contributed by atoms with van der Waals surface area (Å²) in [5.41, 5.74) is 3.20. The molecule has 158 valence electrons. The summed E-state index contributed by atoms with van der Waals surface area (Å²) < 4.78 is 52.4. The highest BCUT2D eigenvalue weighted by Gasteiger charge is 2.11. The molecule has 0 aliphatic rings. The van der Waals surface area contributed by atoms with Gasteiger partial charge in [0.05, 0.1) is 5.75 Å². The molecule has 0 amide bonds. The monoisotopic (exact) mass is 425 g/mol. The van der Waals surface area contributed by atoms with Crippen LogP contribution in [0.25, 0.3) is 0 Å². The Morgan fingerprint density at radius 2 is 1.69 bits per heavy atom. The normalized spacial score (nSPS) is 12.1. The molecule has 2 N–H and O–H groups in total. The van der Waals surface area contributed by atoms with Gasteiger partial charge in [-0.3, -0.25) is 4.99 Å². The number of guanidine groups is 1. The number of ether oxygens (including phenoxy) is 1. The van der Waals surface area contributed by atoms with Crippen LogP contribution in [-0.4, -0.2) is 34.3 Å². The Hall–Kier alpha value is -2.68. The molecule has 2 aromatic rings. The molecule has 0 fully saturated rings. The zero-order valence-electron chi connectivity index (χ0n) is 16.6. The second-order valence-corrected chi connectivity index (χ2v) is 8.80. The van der Waals surface area contributed by atoms with Crippen molar-refractivity contribution in [1.82, 2.24) is 10.6 Å². The summed E-state index contributed by atoms with van der Waals surface area (Å²) in [7, 11) is -1.46. The first-order valence-electron chi connectivity index (χ1n) is 8.90. The molecule has 0 heterocycles. The van der Waals surface area contributed by atoms with E-state index in [0.29, 0.717) is 18.1 Å². The number of nitrogens with one attached hydrogen (secondary N) is 2. The van der Waals surface area contributed by atoms with E-state index >= 15 is 0 Å². The van der Waals surface area contributed by atoms with Crippen LogP contribution in [0.15, 0.2) is 47.5 Å². The van der Waals surface area contributed by atoms with Crippen LogP contribution in [0, 0.1) is 6.92 Å². The molecule has 0 aromatic heterocycles. The number of alkyl halides is 2. The number of benzene rings is 2. The summed E-state index contributed by atoms with van der Waals surface area (Å²) in [5, 5.41) is 6.20. The zero-order valence-corrected chi connectivity index (χ0v) is 17.4. The first-order chi connectivity index (χ1) is 13.7. The Morgan fingerprint density at radius 1 is 1.07 bits per heavy atom. The van der Waals surface area contributed by atoms with Gasteiger partial charge in [-0.2, -0.15) is 8.78 Å². The molecule has 0 atom stereocenters. The lowest BCUT2D eigenvalue weighted by Gasteiger charge is -2.15. The highest BCUT2D eigenvalue weighted by atomic mass is 32.2. The van der Waals surface area contributed by atoms with Gasteiger partial charge in [0.25, 0.3) is 0 Å². The van der Waals surface area contributed by atoms with Gasteiger partial charge >= 0.3 is 6.61 Å². The van der Waals surface area contributed by atoms with E-state index in [1.165, 1.54) is 12.3 Å². The van der Waals surface area contributed by atoms with E-state index in [-0.39, 0.29) is 18.0 Å². The van der Waals surface area contributed by atoms with E-state index in [2.05, 4.69) is 20.4 Å². The van der Waals surface area contributed by atoms with Crippen molar-refractivity contribution in [2.24, 2.45) is 4.99 Å². The van der Waals surface area contributed by atoms with E-state index in [9.17, 15) is 17.2 Å². The van der Waals surface area contributed by atoms with Crippen molar-refractivity contribution in [3.8, 4) is 5.75 Å². The van der Waals surface area contributed by atoms with Gasteiger partial charge in [0.2, 0.25) is 0 Å². The largest absolute Gasteiger partial charge is 0.434 e. The molecule has 9 heteroatoms. The molecule has 0 spiro atoms. The lowest BCUT2D eigenvalue weighted by Crippen LogP contribution is -2.36. The Bertz CT molecular complexity index is 946. The quantitative estimate of drug-likeness (QED) is 0.502. The van der Waals surface area contributed by atoms with Gasteiger partial charge in [-0.05, 0) is 24.1 Å². The van der Waals surface area contributed by atoms with Crippen molar-refractivity contribution in [3.63, 3.8) is 0 Å². The van der Waals surface area contributed by atoms with Crippen LogP contribution in [0.2, 0.25) is 0 Å². The fourth-order valence-corrected chi connectivity index (χ4v) is 3.50. The van der Waals surface area contributed by atoms with E-state index in [4.69, 9.17) is 0 Å². The van der Waals surface area contributed by atoms with E-state index < -0.39 is 16.4 Å². The standard InChI is InChI=1S/C20H25F2N3O3S/c1-14-4-9-18(28-19(21)22)17(10-14)12-25-20(23-2)24-11-15-5-7-16(8-6-15)13-29(3,26)27/h4-10,19H,11-13H2,1-3H3,(H2,23,24,25). The Morgan fingerprint density at radius 3 is 2.28 bits per heavy atom. The van der Waals surface area contributed by atoms with Gasteiger partial charge < -0.3 is 15.4 Å². The smallest absolute Gasteiger partial charge is 0.387 e. The first-order valence-corrected chi connectivity index (χ1v) is 11.0. The molecule has 2 rings (SSSR count). The number of halogens is 2. The molecular formula is C20H25F2N3O3S. The van der Waals surface area contributed by atoms with Crippen LogP contribution in [0.3, 0.4) is 0 Å². The number of aliphatic imine (C=N–C) groups is 1. The Labute approximate surface area is 169 Å². The number of rotatable bonds is 8. The maximum absolute atomic E-state index is 12.6. The van der Waals surface area contributed by atoms with E-state index in [1.807, 2.05) is 19.1 Å². The van der Waals surface area contributed by atoms with Gasteiger partial charge in [-0.25, -0.2) is 8.42 Å². The van der Waals surface area contributed by atoms with Crippen molar-refractivity contribution in [3.05, 3.63) is 64.7 Å². The number of hydrogen-bond donors (Lipinski definition) is 2. The molecule has 29 heavy (non-hydrogen) atoms. The summed E-state index contributed by atoms with van der Waals surface area (Å²) in [5.74, 6) is 0.619. The third kappa shape index (κ3) is 8.06. The first kappa shape index (κ1) is 22.6. The predicted octanol–water partition coefficient (Wildman–Crippen LogP) is 3.01. The van der Waals surface area contributed by atoms with Gasteiger partial charge in [-0.1, -0.05) is 42.0 Å². The van der Waals surface area contributed by atoms with Gasteiger partial charge in [-0.15, -0.1) is 0 Å². The summed E-state index contributed by atoms with van der Waals surface area (Å²) in [6.45, 7) is -0.292. The number of hydrogen-bond acceptors (Lipinski definition) is 4. The van der Waals surface area contributed by atoms with Crippen molar-refractivity contribution < 1.29 is 21.9 Å². The fourth-order valence-electron chi connectivity index (χ4n) is 2.70. The molecule has 0 aliphatic heterocycles. The summed E-state index contributed by atoms with van der Waals surface area (Å²) >= 11 is 0. The molecule has 2 aromatic carbocycles. The van der Waals surface area contributed by atoms with Crippen LogP contribution in [0.1, 0.15) is 22.3 Å². The van der Waals surface area contributed by atoms with Crippen LogP contribution in [-0.2, 0) is 28.7 Å². The number of sulfone groups is 1. The third-order valence-corrected chi connectivity index (χ3v) is 4.87. The van der Waals surface area contributed by atoms with Gasteiger partial charge in [0.15, 0.2) is 15.8 Å². The van der Waals surface area contributed by atoms with E-state index in [0.717, 1.165) is 16.7 Å². The Kier molecular flexibility index (Phi) is 7.95. The molecule has 0 radical (unpaired) electrons. The Balaban J connectivity index is 1.94. The van der Waals surface area contributed by atoms with Crippen molar-refractivity contribution >= 4 is 15.8 Å². The van der Waals surface area contributed by atoms with Crippen LogP contribution in [0.5, 0.6) is 5.75 Å². The second-order valence-electron chi connectivity index (χ2n) is 6.66. The second kappa shape index (κ2) is 10.2. The van der Waals surface area contributed by atoms with Crippen molar-refractivity contribution in [1.29, 1.82) is 0 Å². The average molecular weight is 426 g/mol. The van der Waals surface area contributed by atoms with Crippen LogP contribution in [0.4, 0.5) is 8.78 Å². The molecule has 0 bridgehead atoms. The van der Waals surface area contributed by atoms with E-state index in [1.54, 1.807) is 31.3 Å². The van der Waals surface area contributed by atoms with Crippen LogP contribution < -0.4 is 15.4 Å². The lowest BCUT2D eigenvalue weighted by atomic mass is 10.1. The number of aryl methyl sites for hydroxylation is 1. The molecule has 6 nitrogen and oxygen atoms in total. The zero-order chi connectivity index (χ0) is 21.4. The minimum atomic E-state index is -3.07. The lowest BCUT2D eigenvalue weighted by molar-refractivity contribution is -0.0504. The predicted molar refractivity (Wildman–Crippen MR) is 110 cm³/mol. The molecular weight excluding hydrogens is 400 g/mol. The minimum absolute atomic E-state index is 0.00342. The highest BCUT2D eigenvalue weighted by molar-refractivity contribution is 7.89. The van der Waals surface area contributed by atoms with Crippen molar-refractivity contribution in [2.45, 2.75) is 32.4 Å². The molecule has 0 saturated heterocycles. The maximum Gasteiger partial charge on any atom is 0.387 e. The molecule has 0 unspecified atom stereocenters. The van der Waals surface area contributed by atoms with Crippen LogP contribution >= 0.6 is 0 Å². The number of nitrogens with zero attached hydrogens (tertiary/aromatic N) is 1. The summed E-state index contributed by atoms with van der Waals surface area (Å²) in [4.78, 5) is 4.12. The van der Waals surface area contributed by atoms with Gasteiger partial charge in [0, 0.05) is 32.0 Å². The summed E-state index contributed by atoms with van der Waals surface area (Å²) in [6, 6.07) is 12.2. The highest BCUT2D eigenvalue weighted by Crippen LogP contribution is 2.22. The summed E-state index contributed by atoms with van der Waals surface area (Å²) in [6.07, 6.45) is 1.20. The average Bonchev–Trinajstić information content (AvgIpc) is 2.63. The van der Waals surface area contributed by atoms with Crippen molar-refractivity contribution in [2.75, 3.05) is 13.3 Å².